The summed E-state index contributed by atoms with van der Waals surface area (Å²) in [6, 6.07) is 0.625. The Balaban J connectivity index is 2.38. The number of nitrogens with zero attached hydrogens (tertiary/aromatic N) is 3. The van der Waals surface area contributed by atoms with Crippen molar-refractivity contribution in [3.8, 4) is 0 Å². The molecule has 1 aliphatic heterocycles. The highest BCUT2D eigenvalue weighted by atomic mass is 15.2. The first kappa shape index (κ1) is 15.1. The van der Waals surface area contributed by atoms with Gasteiger partial charge >= 0.3 is 0 Å². The minimum absolute atomic E-state index is 0.625. The van der Waals surface area contributed by atoms with E-state index in [1.54, 1.807) is 0 Å². The third-order valence-electron chi connectivity index (χ3n) is 4.20. The van der Waals surface area contributed by atoms with E-state index in [0.717, 1.165) is 30.5 Å². The summed E-state index contributed by atoms with van der Waals surface area (Å²) >= 11 is 0. The average molecular weight is 276 g/mol. The summed E-state index contributed by atoms with van der Waals surface area (Å²) in [6.45, 7) is 10.6. The average Bonchev–Trinajstić information content (AvgIpc) is 2.67. The first-order valence-corrected chi connectivity index (χ1v) is 8.03. The van der Waals surface area contributed by atoms with Crippen LogP contribution in [0, 0.1) is 13.8 Å². The van der Waals surface area contributed by atoms with Crippen molar-refractivity contribution in [3.05, 3.63) is 11.4 Å². The highest BCUT2D eigenvalue weighted by Gasteiger charge is 2.23. The predicted octanol–water partition coefficient (Wildman–Crippen LogP) is 3.68. The highest BCUT2D eigenvalue weighted by Crippen LogP contribution is 2.29. The van der Waals surface area contributed by atoms with Gasteiger partial charge in [-0.2, -0.15) is 0 Å². The lowest BCUT2D eigenvalue weighted by Crippen LogP contribution is -2.36. The van der Waals surface area contributed by atoms with Gasteiger partial charge in [-0.15, -0.1) is 0 Å². The number of hydrogen-bond donors (Lipinski definition) is 1. The van der Waals surface area contributed by atoms with Crippen molar-refractivity contribution in [2.45, 2.75) is 65.8 Å². The molecule has 1 aromatic heterocycles. The Morgan fingerprint density at radius 3 is 2.65 bits per heavy atom. The van der Waals surface area contributed by atoms with E-state index >= 15 is 0 Å². The molecule has 1 aromatic rings. The summed E-state index contributed by atoms with van der Waals surface area (Å²) in [5.74, 6) is 3.00. The van der Waals surface area contributed by atoms with Crippen LogP contribution >= 0.6 is 0 Å². The van der Waals surface area contributed by atoms with Gasteiger partial charge in [-0.05, 0) is 40.0 Å². The van der Waals surface area contributed by atoms with Crippen LogP contribution in [0.2, 0.25) is 0 Å². The molecule has 4 nitrogen and oxygen atoms in total. The number of aromatic nitrogens is 2. The van der Waals surface area contributed by atoms with Crippen molar-refractivity contribution in [2.75, 3.05) is 23.3 Å². The largest absolute Gasteiger partial charge is 0.370 e. The third-order valence-corrected chi connectivity index (χ3v) is 4.20. The second-order valence-electron chi connectivity index (χ2n) is 5.70. The van der Waals surface area contributed by atoms with Gasteiger partial charge in [-0.1, -0.05) is 19.8 Å². The fourth-order valence-electron chi connectivity index (χ4n) is 3.11. The van der Waals surface area contributed by atoms with E-state index < -0.39 is 0 Å². The first-order valence-electron chi connectivity index (χ1n) is 8.03. The standard InChI is InChI=1S/C16H28N4/c1-5-14-10-8-7-9-11-20(14)16-12(3)15(17-6-2)18-13(4)19-16/h14H,5-11H2,1-4H3,(H,17,18,19). The van der Waals surface area contributed by atoms with Crippen LogP contribution < -0.4 is 10.2 Å². The van der Waals surface area contributed by atoms with E-state index in [-0.39, 0.29) is 0 Å². The zero-order valence-electron chi connectivity index (χ0n) is 13.4. The second-order valence-corrected chi connectivity index (χ2v) is 5.70. The number of rotatable bonds is 4. The van der Waals surface area contributed by atoms with Gasteiger partial charge in [-0.25, -0.2) is 9.97 Å². The van der Waals surface area contributed by atoms with Crippen LogP contribution in [0.25, 0.3) is 0 Å². The first-order chi connectivity index (χ1) is 9.67. The van der Waals surface area contributed by atoms with Crippen molar-refractivity contribution in [1.82, 2.24) is 9.97 Å². The highest BCUT2D eigenvalue weighted by molar-refractivity contribution is 5.59. The normalized spacial score (nSPS) is 19.8. The Morgan fingerprint density at radius 2 is 1.95 bits per heavy atom. The maximum atomic E-state index is 4.75. The van der Waals surface area contributed by atoms with Gasteiger partial charge in [0.2, 0.25) is 0 Å². The summed E-state index contributed by atoms with van der Waals surface area (Å²) in [4.78, 5) is 11.8. The molecule has 0 bridgehead atoms. The molecule has 1 N–H and O–H groups in total. The number of anilines is 2. The van der Waals surface area contributed by atoms with Crippen molar-refractivity contribution in [3.63, 3.8) is 0 Å². The van der Waals surface area contributed by atoms with Crippen LogP contribution in [0.15, 0.2) is 0 Å². The number of nitrogens with one attached hydrogen (secondary N) is 1. The molecule has 1 aliphatic rings. The van der Waals surface area contributed by atoms with Gasteiger partial charge in [-0.3, -0.25) is 0 Å². The molecule has 112 valence electrons. The van der Waals surface area contributed by atoms with E-state index in [9.17, 15) is 0 Å². The summed E-state index contributed by atoms with van der Waals surface area (Å²) < 4.78 is 0. The maximum absolute atomic E-state index is 4.75. The second kappa shape index (κ2) is 6.91. The molecular weight excluding hydrogens is 248 g/mol. The summed E-state index contributed by atoms with van der Waals surface area (Å²) in [6.07, 6.45) is 6.44. The van der Waals surface area contributed by atoms with Gasteiger partial charge in [0.05, 0.1) is 0 Å². The maximum Gasteiger partial charge on any atom is 0.137 e. The quantitative estimate of drug-likeness (QED) is 0.910. The van der Waals surface area contributed by atoms with Crippen molar-refractivity contribution in [2.24, 2.45) is 0 Å². The molecule has 0 aromatic carbocycles. The Morgan fingerprint density at radius 1 is 1.15 bits per heavy atom. The number of aryl methyl sites for hydroxylation is 1. The van der Waals surface area contributed by atoms with Crippen molar-refractivity contribution < 1.29 is 0 Å². The Kier molecular flexibility index (Phi) is 5.21. The minimum Gasteiger partial charge on any atom is -0.370 e. The van der Waals surface area contributed by atoms with Gasteiger partial charge in [0, 0.05) is 24.7 Å². The minimum atomic E-state index is 0.625. The molecule has 2 rings (SSSR count). The Labute approximate surface area is 123 Å². The van der Waals surface area contributed by atoms with Crippen LogP contribution in [0.3, 0.4) is 0 Å². The fraction of sp³-hybridized carbons (Fsp3) is 0.750. The lowest BCUT2D eigenvalue weighted by atomic mass is 10.1. The van der Waals surface area contributed by atoms with Gasteiger partial charge < -0.3 is 10.2 Å². The molecule has 1 fully saturated rings. The lowest BCUT2D eigenvalue weighted by Gasteiger charge is -2.32. The molecule has 2 heterocycles. The smallest absolute Gasteiger partial charge is 0.137 e. The van der Waals surface area contributed by atoms with Gasteiger partial charge in [0.25, 0.3) is 0 Å². The molecule has 1 unspecified atom stereocenters. The molecule has 0 aliphatic carbocycles. The topological polar surface area (TPSA) is 41.1 Å². The molecule has 20 heavy (non-hydrogen) atoms. The summed E-state index contributed by atoms with van der Waals surface area (Å²) in [5.41, 5.74) is 1.19. The molecular formula is C16H28N4. The monoisotopic (exact) mass is 276 g/mol. The van der Waals surface area contributed by atoms with Gasteiger partial charge in [0.15, 0.2) is 0 Å². The molecule has 4 heteroatoms. The third kappa shape index (κ3) is 3.22. The molecule has 0 amide bonds. The molecule has 1 saturated heterocycles. The predicted molar refractivity (Wildman–Crippen MR) is 85.6 cm³/mol. The van der Waals surface area contributed by atoms with Crippen LogP contribution in [-0.2, 0) is 0 Å². The molecule has 0 radical (unpaired) electrons. The molecule has 0 saturated carbocycles. The lowest BCUT2D eigenvalue weighted by molar-refractivity contribution is 0.550. The zero-order chi connectivity index (χ0) is 14.5. The summed E-state index contributed by atoms with van der Waals surface area (Å²) in [7, 11) is 0. The van der Waals surface area contributed by atoms with E-state index in [1.165, 1.54) is 37.7 Å². The van der Waals surface area contributed by atoms with Crippen LogP contribution in [0.1, 0.15) is 57.3 Å². The van der Waals surface area contributed by atoms with E-state index in [2.05, 4.69) is 36.0 Å². The van der Waals surface area contributed by atoms with E-state index in [4.69, 9.17) is 4.98 Å². The van der Waals surface area contributed by atoms with E-state index in [0.29, 0.717) is 6.04 Å². The fourth-order valence-corrected chi connectivity index (χ4v) is 3.11. The summed E-state index contributed by atoms with van der Waals surface area (Å²) in [5, 5.41) is 3.37. The zero-order valence-corrected chi connectivity index (χ0v) is 13.4. The SMILES string of the molecule is CCNc1nc(C)nc(N2CCCCCC2CC)c1C. The van der Waals surface area contributed by atoms with Crippen LogP contribution in [0.4, 0.5) is 11.6 Å². The van der Waals surface area contributed by atoms with Gasteiger partial charge in [0.1, 0.15) is 17.5 Å². The van der Waals surface area contributed by atoms with Crippen LogP contribution in [0.5, 0.6) is 0 Å². The van der Waals surface area contributed by atoms with Crippen molar-refractivity contribution >= 4 is 11.6 Å². The molecule has 1 atom stereocenters. The van der Waals surface area contributed by atoms with E-state index in [1.807, 2.05) is 6.92 Å². The van der Waals surface area contributed by atoms with Crippen molar-refractivity contribution in [1.29, 1.82) is 0 Å². The number of hydrogen-bond acceptors (Lipinski definition) is 4. The Bertz CT molecular complexity index is 444. The molecule has 0 spiro atoms. The van der Waals surface area contributed by atoms with Crippen LogP contribution in [-0.4, -0.2) is 29.1 Å². The Hall–Kier alpha value is -1.32.